The molecule has 2 aromatic rings. The van der Waals surface area contributed by atoms with Gasteiger partial charge < -0.3 is 5.32 Å². The molecule has 0 bridgehead atoms. The lowest BCUT2D eigenvalue weighted by Crippen LogP contribution is -2.24. The molecular weight excluding hydrogens is 281 g/mol. The van der Waals surface area contributed by atoms with Crippen LogP contribution in [0.2, 0.25) is 0 Å². The summed E-state index contributed by atoms with van der Waals surface area (Å²) in [7, 11) is 0. The quantitative estimate of drug-likeness (QED) is 0.878. The number of hydrogen-bond donors (Lipinski definition) is 1. The summed E-state index contributed by atoms with van der Waals surface area (Å²) in [6, 6.07) is 6.83. The Labute approximate surface area is 118 Å². The van der Waals surface area contributed by atoms with Gasteiger partial charge in [-0.05, 0) is 24.3 Å². The number of aromatic nitrogens is 2. The van der Waals surface area contributed by atoms with Crippen LogP contribution in [0.1, 0.15) is 22.5 Å². The number of halogens is 3. The van der Waals surface area contributed by atoms with E-state index in [1.54, 1.807) is 4.68 Å². The van der Waals surface area contributed by atoms with Gasteiger partial charge in [-0.2, -0.15) is 23.5 Å². The number of benzene rings is 1. The summed E-state index contributed by atoms with van der Waals surface area (Å²) >= 11 is 0. The third kappa shape index (κ3) is 2.38. The highest BCUT2D eigenvalue weighted by atomic mass is 19.4. The number of nitrogens with one attached hydrogen (secondary N) is 1. The minimum atomic E-state index is -4.36. The molecule has 21 heavy (non-hydrogen) atoms. The largest absolute Gasteiger partial charge is 0.416 e. The topological polar surface area (TPSA) is 53.6 Å². The summed E-state index contributed by atoms with van der Waals surface area (Å²) < 4.78 is 39.3. The molecule has 7 heteroatoms. The molecule has 0 saturated carbocycles. The molecule has 1 aromatic heterocycles. The van der Waals surface area contributed by atoms with Crippen LogP contribution in [0.15, 0.2) is 24.3 Å². The number of nitrogens with zero attached hydrogens (tertiary/aromatic N) is 3. The van der Waals surface area contributed by atoms with E-state index in [4.69, 9.17) is 5.26 Å². The lowest BCUT2D eigenvalue weighted by atomic mass is 10.1. The molecule has 1 aliphatic heterocycles. The molecule has 0 radical (unpaired) electrons. The van der Waals surface area contributed by atoms with Gasteiger partial charge in [-0.3, -0.25) is 0 Å². The molecule has 1 aromatic carbocycles. The monoisotopic (exact) mass is 292 g/mol. The number of rotatable bonds is 1. The summed E-state index contributed by atoms with van der Waals surface area (Å²) in [4.78, 5) is 0. The molecule has 108 valence electrons. The van der Waals surface area contributed by atoms with E-state index in [0.29, 0.717) is 24.3 Å². The maximum atomic E-state index is 12.6. The van der Waals surface area contributed by atoms with E-state index in [0.717, 1.165) is 29.9 Å². The zero-order valence-electron chi connectivity index (χ0n) is 10.9. The summed E-state index contributed by atoms with van der Waals surface area (Å²) in [6.45, 7) is 1.31. The second-order valence-corrected chi connectivity index (χ2v) is 4.77. The van der Waals surface area contributed by atoms with E-state index in [9.17, 15) is 13.2 Å². The normalized spacial score (nSPS) is 14.6. The van der Waals surface area contributed by atoms with Gasteiger partial charge in [-0.15, -0.1) is 0 Å². The Morgan fingerprint density at radius 2 is 1.95 bits per heavy atom. The molecule has 2 heterocycles. The third-order valence-corrected chi connectivity index (χ3v) is 3.48. The van der Waals surface area contributed by atoms with Crippen LogP contribution in [0.4, 0.5) is 13.2 Å². The van der Waals surface area contributed by atoms with Gasteiger partial charge in [0.1, 0.15) is 6.07 Å². The predicted molar refractivity (Wildman–Crippen MR) is 68.7 cm³/mol. The van der Waals surface area contributed by atoms with E-state index in [1.807, 2.05) is 6.07 Å². The van der Waals surface area contributed by atoms with Crippen molar-refractivity contribution in [2.75, 3.05) is 6.54 Å². The summed E-state index contributed by atoms with van der Waals surface area (Å²) in [5, 5.41) is 16.5. The maximum absolute atomic E-state index is 12.6. The van der Waals surface area contributed by atoms with Gasteiger partial charge in [0.05, 0.1) is 16.9 Å². The van der Waals surface area contributed by atoms with E-state index < -0.39 is 11.7 Å². The minimum absolute atomic E-state index is 0.317. The van der Waals surface area contributed by atoms with Crippen molar-refractivity contribution in [1.29, 1.82) is 5.26 Å². The Morgan fingerprint density at radius 1 is 1.24 bits per heavy atom. The molecule has 0 atom stereocenters. The van der Waals surface area contributed by atoms with E-state index in [-0.39, 0.29) is 0 Å². The average molecular weight is 292 g/mol. The highest BCUT2D eigenvalue weighted by molar-refractivity contribution is 5.43. The van der Waals surface area contributed by atoms with Crippen LogP contribution in [0.3, 0.4) is 0 Å². The van der Waals surface area contributed by atoms with Gasteiger partial charge in [-0.1, -0.05) is 0 Å². The van der Waals surface area contributed by atoms with Crippen LogP contribution in [0, 0.1) is 11.3 Å². The zero-order chi connectivity index (χ0) is 15.0. The predicted octanol–water partition coefficient (Wildman–Crippen LogP) is 2.41. The van der Waals surface area contributed by atoms with Crippen molar-refractivity contribution in [3.05, 3.63) is 46.8 Å². The molecule has 0 amide bonds. The minimum Gasteiger partial charge on any atom is -0.312 e. The van der Waals surface area contributed by atoms with Crippen molar-refractivity contribution in [2.45, 2.75) is 19.1 Å². The molecule has 1 aliphatic rings. The standard InChI is InChI=1S/C14H11F3N4/c15-14(16,17)9-1-3-10(4-2-9)21-13-5-6-19-8-11(13)12(7-18)20-21/h1-4,19H,5-6,8H2. The first-order chi connectivity index (χ1) is 10.0. The van der Waals surface area contributed by atoms with E-state index >= 15 is 0 Å². The van der Waals surface area contributed by atoms with Crippen molar-refractivity contribution in [3.63, 3.8) is 0 Å². The first-order valence-electron chi connectivity index (χ1n) is 6.40. The van der Waals surface area contributed by atoms with Crippen LogP contribution >= 0.6 is 0 Å². The van der Waals surface area contributed by atoms with Crippen LogP contribution < -0.4 is 5.32 Å². The van der Waals surface area contributed by atoms with E-state index in [1.165, 1.54) is 12.1 Å². The lowest BCUT2D eigenvalue weighted by Gasteiger charge is -2.15. The fraction of sp³-hybridized carbons (Fsp3) is 0.286. The van der Waals surface area contributed by atoms with Crippen molar-refractivity contribution < 1.29 is 13.2 Å². The smallest absolute Gasteiger partial charge is 0.312 e. The Balaban J connectivity index is 2.05. The van der Waals surface area contributed by atoms with Gasteiger partial charge in [0.25, 0.3) is 0 Å². The number of fused-ring (bicyclic) bond motifs is 1. The van der Waals surface area contributed by atoms with Crippen molar-refractivity contribution in [1.82, 2.24) is 15.1 Å². The highest BCUT2D eigenvalue weighted by Crippen LogP contribution is 2.30. The maximum Gasteiger partial charge on any atom is 0.416 e. The molecule has 4 nitrogen and oxygen atoms in total. The Kier molecular flexibility index (Phi) is 3.18. The Morgan fingerprint density at radius 3 is 2.57 bits per heavy atom. The number of alkyl halides is 3. The third-order valence-electron chi connectivity index (χ3n) is 3.48. The second kappa shape index (κ2) is 4.90. The fourth-order valence-electron chi connectivity index (χ4n) is 2.44. The first kappa shape index (κ1) is 13.6. The van der Waals surface area contributed by atoms with Gasteiger partial charge in [-0.25, -0.2) is 4.68 Å². The summed E-state index contributed by atoms with van der Waals surface area (Å²) in [5.74, 6) is 0. The van der Waals surface area contributed by atoms with Crippen molar-refractivity contribution in [2.24, 2.45) is 0 Å². The SMILES string of the molecule is N#Cc1nn(-c2ccc(C(F)(F)F)cc2)c2c1CNCC2. The summed E-state index contributed by atoms with van der Waals surface area (Å²) in [5.41, 5.74) is 1.85. The molecule has 0 aliphatic carbocycles. The number of nitriles is 1. The number of hydrogen-bond acceptors (Lipinski definition) is 3. The van der Waals surface area contributed by atoms with Crippen LogP contribution in [0.5, 0.6) is 0 Å². The molecular formula is C14H11F3N4. The first-order valence-corrected chi connectivity index (χ1v) is 6.40. The lowest BCUT2D eigenvalue weighted by molar-refractivity contribution is -0.137. The van der Waals surface area contributed by atoms with Gasteiger partial charge in [0.2, 0.25) is 0 Å². The van der Waals surface area contributed by atoms with Crippen molar-refractivity contribution in [3.8, 4) is 11.8 Å². The Bertz CT molecular complexity index is 708. The average Bonchev–Trinajstić information content (AvgIpc) is 2.85. The second-order valence-electron chi connectivity index (χ2n) is 4.77. The Hall–Kier alpha value is -2.33. The molecule has 3 rings (SSSR count). The van der Waals surface area contributed by atoms with Gasteiger partial charge in [0.15, 0.2) is 5.69 Å². The highest BCUT2D eigenvalue weighted by Gasteiger charge is 2.30. The molecule has 0 unspecified atom stereocenters. The molecule has 0 spiro atoms. The van der Waals surface area contributed by atoms with Crippen LogP contribution in [-0.4, -0.2) is 16.3 Å². The molecule has 0 saturated heterocycles. The fourth-order valence-corrected chi connectivity index (χ4v) is 2.44. The molecule has 1 N–H and O–H groups in total. The summed E-state index contributed by atoms with van der Waals surface area (Å²) in [6.07, 6.45) is -3.67. The van der Waals surface area contributed by atoms with E-state index in [2.05, 4.69) is 10.4 Å². The van der Waals surface area contributed by atoms with Crippen LogP contribution in [0.25, 0.3) is 5.69 Å². The van der Waals surface area contributed by atoms with Gasteiger partial charge >= 0.3 is 6.18 Å². The van der Waals surface area contributed by atoms with Crippen molar-refractivity contribution >= 4 is 0 Å². The van der Waals surface area contributed by atoms with Gasteiger partial charge in [0, 0.05) is 25.1 Å². The molecule has 0 fully saturated rings. The zero-order valence-corrected chi connectivity index (χ0v) is 10.9. The van der Waals surface area contributed by atoms with Crippen LogP contribution in [-0.2, 0) is 19.1 Å².